The van der Waals surface area contributed by atoms with Gasteiger partial charge in [0.25, 0.3) is 0 Å². The fourth-order valence-corrected chi connectivity index (χ4v) is 1.50. The van der Waals surface area contributed by atoms with Gasteiger partial charge in [0.1, 0.15) is 11.6 Å². The van der Waals surface area contributed by atoms with Crippen LogP contribution in [0.4, 0.5) is 0 Å². The first-order valence-electron chi connectivity index (χ1n) is 6.39. The molecule has 1 atom stereocenters. The van der Waals surface area contributed by atoms with E-state index in [4.69, 9.17) is 15.2 Å². The predicted octanol–water partition coefficient (Wildman–Crippen LogP) is 1.69. The van der Waals surface area contributed by atoms with Crippen molar-refractivity contribution in [2.24, 2.45) is 5.73 Å². The lowest BCUT2D eigenvalue weighted by Crippen LogP contribution is -2.34. The first-order valence-corrected chi connectivity index (χ1v) is 6.39. The van der Waals surface area contributed by atoms with Gasteiger partial charge < -0.3 is 15.2 Å². The SMILES string of the molecule is CCOC(=O)C(N)Cc1cccc(OC(C)(C)C)n1. The van der Waals surface area contributed by atoms with Gasteiger partial charge in [0, 0.05) is 18.2 Å². The second-order valence-corrected chi connectivity index (χ2v) is 5.24. The minimum Gasteiger partial charge on any atom is -0.472 e. The number of esters is 1. The summed E-state index contributed by atoms with van der Waals surface area (Å²) in [6.07, 6.45) is 0.334. The van der Waals surface area contributed by atoms with E-state index in [2.05, 4.69) is 4.98 Å². The molecule has 19 heavy (non-hydrogen) atoms. The van der Waals surface area contributed by atoms with Gasteiger partial charge in [-0.25, -0.2) is 4.98 Å². The molecule has 1 unspecified atom stereocenters. The van der Waals surface area contributed by atoms with Crippen molar-refractivity contribution < 1.29 is 14.3 Å². The zero-order chi connectivity index (χ0) is 14.5. The topological polar surface area (TPSA) is 74.4 Å². The minimum atomic E-state index is -0.697. The Morgan fingerprint density at radius 3 is 2.68 bits per heavy atom. The monoisotopic (exact) mass is 266 g/mol. The third-order valence-corrected chi connectivity index (χ3v) is 2.21. The van der Waals surface area contributed by atoms with Crippen LogP contribution in [-0.2, 0) is 16.0 Å². The van der Waals surface area contributed by atoms with Crippen LogP contribution < -0.4 is 10.5 Å². The molecule has 1 aromatic heterocycles. The maximum absolute atomic E-state index is 11.5. The zero-order valence-electron chi connectivity index (χ0n) is 12.0. The highest BCUT2D eigenvalue weighted by Gasteiger charge is 2.17. The number of ether oxygens (including phenoxy) is 2. The fraction of sp³-hybridized carbons (Fsp3) is 0.571. The van der Waals surface area contributed by atoms with Crippen LogP contribution >= 0.6 is 0 Å². The van der Waals surface area contributed by atoms with Gasteiger partial charge in [-0.3, -0.25) is 4.79 Å². The number of hydrogen-bond acceptors (Lipinski definition) is 5. The summed E-state index contributed by atoms with van der Waals surface area (Å²) in [5.41, 5.74) is 6.16. The summed E-state index contributed by atoms with van der Waals surface area (Å²) in [7, 11) is 0. The minimum absolute atomic E-state index is 0.311. The van der Waals surface area contributed by atoms with Gasteiger partial charge in [-0.2, -0.15) is 0 Å². The van der Waals surface area contributed by atoms with Crippen molar-refractivity contribution in [3.63, 3.8) is 0 Å². The molecule has 106 valence electrons. The standard InChI is InChI=1S/C14H22N2O3/c1-5-18-13(17)11(15)9-10-7-6-8-12(16-10)19-14(2,3)4/h6-8,11H,5,9,15H2,1-4H3. The van der Waals surface area contributed by atoms with Crippen molar-refractivity contribution in [1.82, 2.24) is 4.98 Å². The third-order valence-electron chi connectivity index (χ3n) is 2.21. The first-order chi connectivity index (χ1) is 8.81. The predicted molar refractivity (Wildman–Crippen MR) is 72.9 cm³/mol. The van der Waals surface area contributed by atoms with Gasteiger partial charge in [-0.1, -0.05) is 6.07 Å². The molecule has 0 saturated heterocycles. The van der Waals surface area contributed by atoms with Crippen molar-refractivity contribution in [3.05, 3.63) is 23.9 Å². The Morgan fingerprint density at radius 2 is 2.11 bits per heavy atom. The maximum Gasteiger partial charge on any atom is 0.323 e. The lowest BCUT2D eigenvalue weighted by Gasteiger charge is -2.20. The Labute approximate surface area is 114 Å². The van der Waals surface area contributed by atoms with Crippen molar-refractivity contribution in [1.29, 1.82) is 0 Å². The van der Waals surface area contributed by atoms with Gasteiger partial charge in [0.05, 0.1) is 6.61 Å². The molecular weight excluding hydrogens is 244 g/mol. The number of pyridine rings is 1. The third kappa shape index (κ3) is 5.70. The summed E-state index contributed by atoms with van der Waals surface area (Å²) in [6.45, 7) is 7.93. The van der Waals surface area contributed by atoms with Crippen LogP contribution in [0.1, 0.15) is 33.4 Å². The number of rotatable bonds is 5. The molecule has 0 aromatic carbocycles. The van der Waals surface area contributed by atoms with E-state index < -0.39 is 12.0 Å². The molecule has 1 heterocycles. The molecule has 0 fully saturated rings. The average molecular weight is 266 g/mol. The van der Waals surface area contributed by atoms with Crippen LogP contribution in [0.2, 0.25) is 0 Å². The van der Waals surface area contributed by atoms with Crippen molar-refractivity contribution >= 4 is 5.97 Å². The van der Waals surface area contributed by atoms with Gasteiger partial charge in [-0.05, 0) is 33.8 Å². The summed E-state index contributed by atoms with van der Waals surface area (Å²) in [5.74, 6) is 0.118. The smallest absolute Gasteiger partial charge is 0.323 e. The second-order valence-electron chi connectivity index (χ2n) is 5.24. The number of nitrogens with zero attached hydrogens (tertiary/aromatic N) is 1. The summed E-state index contributed by atoms with van der Waals surface area (Å²) >= 11 is 0. The Bertz CT molecular complexity index is 427. The molecule has 0 aliphatic carbocycles. The van der Waals surface area contributed by atoms with E-state index in [0.29, 0.717) is 24.6 Å². The molecule has 2 N–H and O–H groups in total. The molecule has 1 aromatic rings. The summed E-state index contributed by atoms with van der Waals surface area (Å²) in [6, 6.07) is 4.73. The summed E-state index contributed by atoms with van der Waals surface area (Å²) < 4.78 is 10.5. The van der Waals surface area contributed by atoms with E-state index >= 15 is 0 Å². The first kappa shape index (κ1) is 15.4. The molecule has 0 aliphatic heterocycles. The quantitative estimate of drug-likeness (QED) is 0.821. The van der Waals surface area contributed by atoms with E-state index in [1.54, 1.807) is 13.0 Å². The van der Waals surface area contributed by atoms with Crippen LogP contribution in [0.5, 0.6) is 5.88 Å². The van der Waals surface area contributed by atoms with Gasteiger partial charge in [-0.15, -0.1) is 0 Å². The Morgan fingerprint density at radius 1 is 1.42 bits per heavy atom. The number of hydrogen-bond donors (Lipinski definition) is 1. The van der Waals surface area contributed by atoms with Crippen LogP contribution in [-0.4, -0.2) is 29.2 Å². The molecule has 1 rings (SSSR count). The van der Waals surface area contributed by atoms with E-state index in [-0.39, 0.29) is 5.60 Å². The average Bonchev–Trinajstić information content (AvgIpc) is 2.27. The lowest BCUT2D eigenvalue weighted by molar-refractivity contribution is -0.144. The number of nitrogens with two attached hydrogens (primary N) is 1. The van der Waals surface area contributed by atoms with E-state index in [1.165, 1.54) is 0 Å². The fourth-order valence-electron chi connectivity index (χ4n) is 1.50. The molecular formula is C14H22N2O3. The van der Waals surface area contributed by atoms with Gasteiger partial charge in [0.2, 0.25) is 5.88 Å². The molecule has 0 spiro atoms. The van der Waals surface area contributed by atoms with E-state index in [9.17, 15) is 4.79 Å². The Kier molecular flexibility index (Phi) is 5.30. The van der Waals surface area contributed by atoms with Crippen LogP contribution in [0.3, 0.4) is 0 Å². The molecule has 0 radical (unpaired) electrons. The zero-order valence-corrected chi connectivity index (χ0v) is 12.0. The maximum atomic E-state index is 11.5. The normalized spacial score (nSPS) is 12.9. The molecule has 0 aliphatic rings. The summed E-state index contributed by atoms with van der Waals surface area (Å²) in [4.78, 5) is 15.8. The highest BCUT2D eigenvalue weighted by atomic mass is 16.5. The van der Waals surface area contributed by atoms with Crippen molar-refractivity contribution in [3.8, 4) is 5.88 Å². The highest BCUT2D eigenvalue weighted by Crippen LogP contribution is 2.16. The van der Waals surface area contributed by atoms with Crippen molar-refractivity contribution in [2.75, 3.05) is 6.61 Å². The molecule has 5 heteroatoms. The molecule has 0 bridgehead atoms. The van der Waals surface area contributed by atoms with Crippen LogP contribution in [0.25, 0.3) is 0 Å². The Hall–Kier alpha value is -1.62. The number of carbonyl (C=O) groups is 1. The van der Waals surface area contributed by atoms with Crippen molar-refractivity contribution in [2.45, 2.75) is 45.8 Å². The van der Waals surface area contributed by atoms with Crippen LogP contribution in [0.15, 0.2) is 18.2 Å². The van der Waals surface area contributed by atoms with Crippen LogP contribution in [0, 0.1) is 0 Å². The number of aromatic nitrogens is 1. The molecule has 5 nitrogen and oxygen atoms in total. The van der Waals surface area contributed by atoms with E-state index in [0.717, 1.165) is 0 Å². The van der Waals surface area contributed by atoms with E-state index in [1.807, 2.05) is 32.9 Å². The van der Waals surface area contributed by atoms with Gasteiger partial charge in [0.15, 0.2) is 0 Å². The lowest BCUT2D eigenvalue weighted by atomic mass is 10.1. The van der Waals surface area contributed by atoms with Gasteiger partial charge >= 0.3 is 5.97 Å². The Balaban J connectivity index is 2.69. The highest BCUT2D eigenvalue weighted by molar-refractivity contribution is 5.75. The largest absolute Gasteiger partial charge is 0.472 e. The summed E-state index contributed by atoms with van der Waals surface area (Å²) in [5, 5.41) is 0. The number of carbonyl (C=O) groups excluding carboxylic acids is 1. The second kappa shape index (κ2) is 6.52. The molecule has 0 saturated carbocycles. The molecule has 0 amide bonds.